The van der Waals surface area contributed by atoms with Crippen molar-refractivity contribution in [3.8, 4) is 0 Å². The van der Waals surface area contributed by atoms with Crippen LogP contribution in [-0.4, -0.2) is 23.8 Å². The van der Waals surface area contributed by atoms with Crippen LogP contribution >= 0.6 is 24.8 Å². The predicted octanol–water partition coefficient (Wildman–Crippen LogP) is 0.667. The first-order valence-electron chi connectivity index (χ1n) is 4.78. The molecule has 0 saturated heterocycles. The second-order valence-corrected chi connectivity index (χ2v) is 3.91. The van der Waals surface area contributed by atoms with E-state index in [0.717, 1.165) is 0 Å². The Balaban J connectivity index is 0.000000640. The summed E-state index contributed by atoms with van der Waals surface area (Å²) < 4.78 is 0. The highest BCUT2D eigenvalue weighted by Crippen LogP contribution is 2.29. The van der Waals surface area contributed by atoms with Crippen molar-refractivity contribution in [1.82, 2.24) is 0 Å². The lowest BCUT2D eigenvalue weighted by atomic mass is 9.83. The lowest BCUT2D eigenvalue weighted by molar-refractivity contribution is 0.590. The van der Waals surface area contributed by atoms with Crippen molar-refractivity contribution in [2.24, 2.45) is 33.3 Å². The van der Waals surface area contributed by atoms with Gasteiger partial charge in [0.2, 0.25) is 0 Å². The van der Waals surface area contributed by atoms with Crippen molar-refractivity contribution < 1.29 is 0 Å². The van der Waals surface area contributed by atoms with Crippen LogP contribution in [0, 0.1) is 11.8 Å². The van der Waals surface area contributed by atoms with Crippen molar-refractivity contribution in [2.75, 3.05) is 0 Å². The molecule has 5 heterocycles. The lowest BCUT2D eigenvalue weighted by Gasteiger charge is -2.34. The Morgan fingerprint density at radius 1 is 0.750 bits per heavy atom. The number of dihydropyridines is 2. The van der Waals surface area contributed by atoms with Gasteiger partial charge in [-0.05, 0) is 0 Å². The van der Waals surface area contributed by atoms with E-state index in [4.69, 9.17) is 11.5 Å². The maximum Gasteiger partial charge on any atom is 0.104 e. The van der Waals surface area contributed by atoms with Gasteiger partial charge in [-0.1, -0.05) is 24.3 Å². The average Bonchev–Trinajstić information content (AvgIpc) is 2.13. The van der Waals surface area contributed by atoms with Gasteiger partial charge in [-0.15, -0.1) is 24.8 Å². The maximum atomic E-state index is 5.88. The monoisotopic (exact) mass is 260 g/mol. The second-order valence-electron chi connectivity index (χ2n) is 3.91. The molecule has 88 valence electrons. The molecule has 4 N–H and O–H groups in total. The van der Waals surface area contributed by atoms with Crippen LogP contribution in [0.1, 0.15) is 0 Å². The molecule has 0 aromatic carbocycles. The Kier molecular flexibility index (Phi) is 3.65. The quantitative estimate of drug-likeness (QED) is 0.629. The van der Waals surface area contributed by atoms with E-state index in [0.29, 0.717) is 11.7 Å². The molecule has 6 aliphatic rings. The number of halogens is 2. The number of amidine groups is 2. The molecule has 4 nitrogen and oxygen atoms in total. The van der Waals surface area contributed by atoms with Gasteiger partial charge in [0.15, 0.2) is 0 Å². The molecule has 0 saturated carbocycles. The molecule has 0 radical (unpaired) electrons. The summed E-state index contributed by atoms with van der Waals surface area (Å²) in [5, 5.41) is 0. The van der Waals surface area contributed by atoms with Gasteiger partial charge >= 0.3 is 0 Å². The smallest absolute Gasteiger partial charge is 0.104 e. The number of nitrogens with two attached hydrogens (primary N) is 2. The standard InChI is InChI=1S/C10H12N4.2ClH/c11-9-5-1-3-7(13-9)6-2-4-8(5)14-10(6)12;;/h1-8H,(H2,11,13)(H2,12,14);2*1H. The van der Waals surface area contributed by atoms with Gasteiger partial charge in [0, 0.05) is 0 Å². The topological polar surface area (TPSA) is 76.8 Å². The highest BCUT2D eigenvalue weighted by molar-refractivity contribution is 5.93. The minimum absolute atomic E-state index is 0. The summed E-state index contributed by atoms with van der Waals surface area (Å²) in [5.74, 6) is 1.57. The van der Waals surface area contributed by atoms with Crippen LogP contribution in [0.25, 0.3) is 0 Å². The molecule has 4 unspecified atom stereocenters. The minimum atomic E-state index is 0. The van der Waals surface area contributed by atoms with E-state index in [1.807, 2.05) is 0 Å². The number of rotatable bonds is 0. The molecular formula is C10H14Cl2N4. The summed E-state index contributed by atoms with van der Waals surface area (Å²) in [5.41, 5.74) is 11.8. The molecule has 6 rings (SSSR count). The molecule has 4 bridgehead atoms. The number of hydrogen-bond acceptors (Lipinski definition) is 4. The van der Waals surface area contributed by atoms with Crippen LogP contribution in [0.4, 0.5) is 0 Å². The van der Waals surface area contributed by atoms with E-state index in [1.165, 1.54) is 0 Å². The van der Waals surface area contributed by atoms with Crippen molar-refractivity contribution >= 4 is 36.5 Å². The van der Waals surface area contributed by atoms with Crippen LogP contribution in [0.3, 0.4) is 0 Å². The largest absolute Gasteiger partial charge is 0.387 e. The molecular weight excluding hydrogens is 247 g/mol. The normalized spacial score (nSPS) is 37.8. The molecule has 0 spiro atoms. The molecule has 0 aromatic heterocycles. The van der Waals surface area contributed by atoms with Gasteiger partial charge in [-0.25, -0.2) is 0 Å². The van der Waals surface area contributed by atoms with Gasteiger partial charge in [-0.2, -0.15) is 0 Å². The van der Waals surface area contributed by atoms with Gasteiger partial charge < -0.3 is 11.5 Å². The van der Waals surface area contributed by atoms with Crippen LogP contribution < -0.4 is 11.5 Å². The summed E-state index contributed by atoms with van der Waals surface area (Å²) >= 11 is 0. The molecule has 4 atom stereocenters. The van der Waals surface area contributed by atoms with E-state index in [2.05, 4.69) is 34.3 Å². The SMILES string of the molecule is Cl.Cl.NC1=NC2C=CC1C1C=CC2C(N)=N1. The summed E-state index contributed by atoms with van der Waals surface area (Å²) in [7, 11) is 0. The molecule has 1 aliphatic carbocycles. The fourth-order valence-electron chi connectivity index (χ4n) is 2.24. The third-order valence-electron chi connectivity index (χ3n) is 3.05. The Bertz CT molecular complexity index is 362. The predicted molar refractivity (Wildman–Crippen MR) is 70.6 cm³/mol. The Morgan fingerprint density at radius 2 is 1.12 bits per heavy atom. The zero-order chi connectivity index (χ0) is 9.71. The zero-order valence-electron chi connectivity index (χ0n) is 8.48. The fraction of sp³-hybridized carbons (Fsp3) is 0.400. The highest BCUT2D eigenvalue weighted by atomic mass is 35.5. The third kappa shape index (κ3) is 1.72. The molecule has 0 fully saturated rings. The lowest BCUT2D eigenvalue weighted by Crippen LogP contribution is -2.45. The Labute approximate surface area is 106 Å². The van der Waals surface area contributed by atoms with Crippen LogP contribution in [0.2, 0.25) is 0 Å². The van der Waals surface area contributed by atoms with Crippen molar-refractivity contribution in [3.63, 3.8) is 0 Å². The van der Waals surface area contributed by atoms with E-state index >= 15 is 0 Å². The summed E-state index contributed by atoms with van der Waals surface area (Å²) in [6.07, 6.45) is 8.38. The Morgan fingerprint density at radius 3 is 1.44 bits per heavy atom. The zero-order valence-corrected chi connectivity index (χ0v) is 10.1. The summed E-state index contributed by atoms with van der Waals surface area (Å²) in [6.45, 7) is 0. The first-order valence-corrected chi connectivity index (χ1v) is 4.78. The fourth-order valence-corrected chi connectivity index (χ4v) is 2.24. The number of hydrogen-bond donors (Lipinski definition) is 2. The Hall–Kier alpha value is -1.00. The first kappa shape index (κ1) is 13.1. The van der Waals surface area contributed by atoms with Gasteiger partial charge in [0.05, 0.1) is 23.9 Å². The molecule has 16 heavy (non-hydrogen) atoms. The minimum Gasteiger partial charge on any atom is -0.387 e. The van der Waals surface area contributed by atoms with Crippen LogP contribution in [-0.2, 0) is 0 Å². The number of nitrogens with zero attached hydrogens (tertiary/aromatic N) is 2. The summed E-state index contributed by atoms with van der Waals surface area (Å²) in [6, 6.07) is 0.0972. The third-order valence-corrected chi connectivity index (χ3v) is 3.05. The van der Waals surface area contributed by atoms with E-state index in [1.54, 1.807) is 0 Å². The number of aliphatic imine (C=N–C) groups is 2. The van der Waals surface area contributed by atoms with Gasteiger partial charge in [-0.3, -0.25) is 9.98 Å². The van der Waals surface area contributed by atoms with Crippen LogP contribution in [0.5, 0.6) is 0 Å². The van der Waals surface area contributed by atoms with E-state index < -0.39 is 0 Å². The molecule has 0 aromatic rings. The molecule has 6 heteroatoms. The van der Waals surface area contributed by atoms with E-state index in [-0.39, 0.29) is 48.7 Å². The second kappa shape index (κ2) is 4.47. The van der Waals surface area contributed by atoms with Gasteiger partial charge in [0.1, 0.15) is 11.7 Å². The highest BCUT2D eigenvalue weighted by Gasteiger charge is 2.35. The van der Waals surface area contributed by atoms with Crippen LogP contribution in [0.15, 0.2) is 34.3 Å². The van der Waals surface area contributed by atoms with Gasteiger partial charge in [0.25, 0.3) is 0 Å². The van der Waals surface area contributed by atoms with Crippen molar-refractivity contribution in [2.45, 2.75) is 12.1 Å². The first-order chi connectivity index (χ1) is 6.75. The maximum absolute atomic E-state index is 5.88. The average molecular weight is 261 g/mol. The van der Waals surface area contributed by atoms with Crippen molar-refractivity contribution in [1.29, 1.82) is 0 Å². The van der Waals surface area contributed by atoms with E-state index in [9.17, 15) is 0 Å². The summed E-state index contributed by atoms with van der Waals surface area (Å²) in [4.78, 5) is 8.87. The molecule has 0 amide bonds. The van der Waals surface area contributed by atoms with Crippen molar-refractivity contribution in [3.05, 3.63) is 24.3 Å². The molecule has 5 aliphatic heterocycles.